The van der Waals surface area contributed by atoms with Gasteiger partial charge in [0.05, 0.1) is 12.2 Å². The van der Waals surface area contributed by atoms with Crippen LogP contribution in [-0.2, 0) is 23.7 Å². The average Bonchev–Trinajstić information content (AvgIpc) is 3.29. The van der Waals surface area contributed by atoms with Crippen molar-refractivity contribution in [2.75, 3.05) is 19.8 Å². The summed E-state index contributed by atoms with van der Waals surface area (Å²) in [5, 5.41) is 0. The second-order valence-electron chi connectivity index (χ2n) is 12.8. The van der Waals surface area contributed by atoms with Crippen molar-refractivity contribution in [1.29, 1.82) is 0 Å². The molecular formula is C32H61NO5. The third-order valence-electron chi connectivity index (χ3n) is 9.29. The molecular weight excluding hydrogens is 478 g/mol. The lowest BCUT2D eigenvalue weighted by atomic mass is 9.78. The third kappa shape index (κ3) is 9.17. The zero-order chi connectivity index (χ0) is 28.4. The summed E-state index contributed by atoms with van der Waals surface area (Å²) in [7, 11) is 0. The molecule has 2 fully saturated rings. The van der Waals surface area contributed by atoms with Crippen molar-refractivity contribution in [3.63, 3.8) is 0 Å². The number of ether oxygens (including phenoxy) is 4. The lowest BCUT2D eigenvalue weighted by molar-refractivity contribution is -0.248. The van der Waals surface area contributed by atoms with Gasteiger partial charge in [0.25, 0.3) is 0 Å². The number of carbonyl (C=O) groups excluding carboxylic acids is 1. The summed E-state index contributed by atoms with van der Waals surface area (Å²) in [5.41, 5.74) is 0. The van der Waals surface area contributed by atoms with Crippen LogP contribution in [0.4, 0.5) is 0 Å². The Kier molecular flexibility index (Phi) is 14.6. The van der Waals surface area contributed by atoms with Crippen molar-refractivity contribution >= 4 is 5.91 Å². The van der Waals surface area contributed by atoms with Crippen molar-refractivity contribution in [3.8, 4) is 0 Å². The van der Waals surface area contributed by atoms with Gasteiger partial charge >= 0.3 is 0 Å². The van der Waals surface area contributed by atoms with Crippen LogP contribution >= 0.6 is 0 Å². The minimum absolute atomic E-state index is 0.0370. The average molecular weight is 540 g/mol. The molecule has 0 aromatic heterocycles. The molecule has 0 saturated carbocycles. The Hall–Kier alpha value is -0.690. The highest BCUT2D eigenvalue weighted by molar-refractivity contribution is 5.76. The molecule has 0 N–H and O–H groups in total. The van der Waals surface area contributed by atoms with Gasteiger partial charge in [0.2, 0.25) is 5.91 Å². The van der Waals surface area contributed by atoms with Crippen molar-refractivity contribution in [2.45, 2.75) is 145 Å². The number of amides is 1. The molecule has 0 aliphatic carbocycles. The highest BCUT2D eigenvalue weighted by atomic mass is 16.7. The molecule has 0 radical (unpaired) electrons. The number of carbonyl (C=O) groups is 1. The maximum atomic E-state index is 13.2. The number of nitrogens with zero attached hydrogens (tertiary/aromatic N) is 1. The van der Waals surface area contributed by atoms with Gasteiger partial charge in [0.15, 0.2) is 12.6 Å². The summed E-state index contributed by atoms with van der Waals surface area (Å²) in [4.78, 5) is 15.3. The Balaban J connectivity index is 1.83. The number of likely N-dealkylation sites (tertiary alicyclic amines) is 1. The third-order valence-corrected chi connectivity index (χ3v) is 9.29. The van der Waals surface area contributed by atoms with Gasteiger partial charge in [-0.05, 0) is 62.2 Å². The molecule has 6 heteroatoms. The zero-order valence-electron chi connectivity index (χ0n) is 26.4. The quantitative estimate of drug-likeness (QED) is 0.152. The standard InChI is InChI=1S/C32H61NO5/c1-11-17-35-32(30(21(4)5)22(6)7)37-27-19-26(12-2)33(20-27)29(34)16-14-15-18-36-31-25(10)23(8)24(9)28(13-3)38-31/h21-28,30-32H,11-20H2,1-10H3/t23?,24?,25?,26-,27+,28?,31?,32?/m1/s1. The lowest BCUT2D eigenvalue weighted by Gasteiger charge is -2.43. The minimum Gasteiger partial charge on any atom is -0.352 e. The van der Waals surface area contributed by atoms with Crippen LogP contribution in [0.5, 0.6) is 0 Å². The predicted octanol–water partition coefficient (Wildman–Crippen LogP) is 7.29. The lowest BCUT2D eigenvalue weighted by Crippen LogP contribution is -2.45. The predicted molar refractivity (Wildman–Crippen MR) is 155 cm³/mol. The highest BCUT2D eigenvalue weighted by Crippen LogP contribution is 2.37. The molecule has 38 heavy (non-hydrogen) atoms. The molecule has 2 aliphatic heterocycles. The fourth-order valence-corrected chi connectivity index (χ4v) is 6.59. The maximum absolute atomic E-state index is 13.2. The van der Waals surface area contributed by atoms with Crippen LogP contribution in [0, 0.1) is 35.5 Å². The minimum atomic E-state index is -0.216. The summed E-state index contributed by atoms with van der Waals surface area (Å²) in [6.07, 6.45) is 6.09. The number of unbranched alkanes of at least 4 members (excludes halogenated alkanes) is 1. The summed E-state index contributed by atoms with van der Waals surface area (Å²) >= 11 is 0. The second-order valence-corrected chi connectivity index (χ2v) is 12.8. The van der Waals surface area contributed by atoms with Gasteiger partial charge < -0.3 is 23.8 Å². The van der Waals surface area contributed by atoms with Crippen LogP contribution in [0.3, 0.4) is 0 Å². The summed E-state index contributed by atoms with van der Waals surface area (Å²) in [6, 6.07) is 0.248. The van der Waals surface area contributed by atoms with Crippen LogP contribution in [0.25, 0.3) is 0 Å². The topological polar surface area (TPSA) is 57.2 Å². The normalized spacial score (nSPS) is 31.1. The van der Waals surface area contributed by atoms with Crippen molar-refractivity contribution in [3.05, 3.63) is 0 Å². The number of hydrogen-bond donors (Lipinski definition) is 0. The summed E-state index contributed by atoms with van der Waals surface area (Å²) < 4.78 is 25.3. The van der Waals surface area contributed by atoms with Crippen molar-refractivity contribution in [2.24, 2.45) is 35.5 Å². The van der Waals surface area contributed by atoms with Crippen LogP contribution in [0.1, 0.15) is 114 Å². The molecule has 6 nitrogen and oxygen atoms in total. The van der Waals surface area contributed by atoms with Crippen LogP contribution in [0.2, 0.25) is 0 Å². The number of hydrogen-bond acceptors (Lipinski definition) is 5. The Bertz CT molecular complexity index is 660. The van der Waals surface area contributed by atoms with Gasteiger partial charge in [0.1, 0.15) is 0 Å². The highest BCUT2D eigenvalue weighted by Gasteiger charge is 2.40. The van der Waals surface area contributed by atoms with Gasteiger partial charge in [0, 0.05) is 44.1 Å². The molecule has 8 atom stereocenters. The zero-order valence-corrected chi connectivity index (χ0v) is 26.4. The van der Waals surface area contributed by atoms with Crippen molar-refractivity contribution < 1.29 is 23.7 Å². The van der Waals surface area contributed by atoms with E-state index in [0.29, 0.717) is 61.7 Å². The molecule has 2 rings (SSSR count). The maximum Gasteiger partial charge on any atom is 0.222 e. The molecule has 224 valence electrons. The molecule has 2 saturated heterocycles. The fraction of sp³-hybridized carbons (Fsp3) is 0.969. The van der Waals surface area contributed by atoms with Gasteiger partial charge in [-0.2, -0.15) is 0 Å². The monoisotopic (exact) mass is 539 g/mol. The molecule has 0 spiro atoms. The van der Waals surface area contributed by atoms with Crippen LogP contribution in [-0.4, -0.2) is 61.4 Å². The van der Waals surface area contributed by atoms with E-state index in [0.717, 1.165) is 38.5 Å². The van der Waals surface area contributed by atoms with E-state index >= 15 is 0 Å². The Morgan fingerprint density at radius 1 is 0.921 bits per heavy atom. The summed E-state index contributed by atoms with van der Waals surface area (Å²) in [6.45, 7) is 24.4. The van der Waals surface area contributed by atoms with Crippen LogP contribution in [0.15, 0.2) is 0 Å². The van der Waals surface area contributed by atoms with Gasteiger partial charge in [-0.1, -0.05) is 69.2 Å². The molecule has 6 unspecified atom stereocenters. The molecule has 0 aromatic carbocycles. The largest absolute Gasteiger partial charge is 0.352 e. The molecule has 2 heterocycles. The summed E-state index contributed by atoms with van der Waals surface area (Å²) in [5.74, 6) is 3.05. The number of rotatable bonds is 16. The molecule has 2 aliphatic rings. The van der Waals surface area contributed by atoms with Gasteiger partial charge in [-0.15, -0.1) is 0 Å². The van der Waals surface area contributed by atoms with E-state index in [4.69, 9.17) is 18.9 Å². The smallest absolute Gasteiger partial charge is 0.222 e. The Labute approximate surface area is 234 Å². The Morgan fingerprint density at radius 3 is 2.18 bits per heavy atom. The second kappa shape index (κ2) is 16.5. The van der Waals surface area contributed by atoms with E-state index in [2.05, 4.69) is 74.1 Å². The van der Waals surface area contributed by atoms with E-state index in [1.165, 1.54) is 0 Å². The first-order valence-corrected chi connectivity index (χ1v) is 15.9. The Morgan fingerprint density at radius 2 is 1.61 bits per heavy atom. The molecule has 0 aromatic rings. The van der Waals surface area contributed by atoms with E-state index in [-0.39, 0.29) is 36.7 Å². The first kappa shape index (κ1) is 33.5. The van der Waals surface area contributed by atoms with E-state index in [1.54, 1.807) is 0 Å². The van der Waals surface area contributed by atoms with Crippen molar-refractivity contribution in [1.82, 2.24) is 4.90 Å². The van der Waals surface area contributed by atoms with Crippen LogP contribution < -0.4 is 0 Å². The first-order chi connectivity index (χ1) is 18.0. The van der Waals surface area contributed by atoms with E-state index < -0.39 is 0 Å². The molecule has 1 amide bonds. The fourth-order valence-electron chi connectivity index (χ4n) is 6.59. The molecule has 0 bridgehead atoms. The van der Waals surface area contributed by atoms with E-state index in [9.17, 15) is 4.79 Å². The van der Waals surface area contributed by atoms with E-state index in [1.807, 2.05) is 0 Å². The first-order valence-electron chi connectivity index (χ1n) is 15.9. The van der Waals surface area contributed by atoms with Gasteiger partial charge in [-0.3, -0.25) is 4.79 Å². The SMILES string of the molecule is CCCOC(O[C@H]1C[C@@H](CC)N(C(=O)CCCCOC2OC(CC)C(C)C(C)C2C)C1)C(C(C)C)C(C)C. The van der Waals surface area contributed by atoms with Gasteiger partial charge in [-0.25, -0.2) is 0 Å².